The van der Waals surface area contributed by atoms with Crippen LogP contribution in [0.4, 0.5) is 11.4 Å². The Hall–Kier alpha value is -3.93. The van der Waals surface area contributed by atoms with Gasteiger partial charge in [-0.3, -0.25) is 14.9 Å². The molecular formula is C23H19N3O3. The molecule has 1 amide bonds. The molecule has 0 bridgehead atoms. The summed E-state index contributed by atoms with van der Waals surface area (Å²) in [5.41, 5.74) is 3.48. The van der Waals surface area contributed by atoms with Gasteiger partial charge in [0.2, 0.25) is 5.91 Å². The summed E-state index contributed by atoms with van der Waals surface area (Å²) in [6.07, 6.45) is 1.92. The number of H-pyrrole nitrogens is 1. The Morgan fingerprint density at radius 1 is 0.966 bits per heavy atom. The maximum Gasteiger partial charge on any atom is 0.269 e. The number of aromatic amines is 1. The molecule has 0 aliphatic carbocycles. The number of nitro groups is 1. The monoisotopic (exact) mass is 385 g/mol. The summed E-state index contributed by atoms with van der Waals surface area (Å²) in [5.74, 6) is -0.155. The number of rotatable bonds is 5. The maximum atomic E-state index is 12.8. The van der Waals surface area contributed by atoms with Gasteiger partial charge in [0, 0.05) is 47.4 Å². The van der Waals surface area contributed by atoms with Crippen molar-refractivity contribution in [2.45, 2.75) is 13.0 Å². The third kappa shape index (κ3) is 3.48. The lowest BCUT2D eigenvalue weighted by Crippen LogP contribution is -2.33. The molecule has 1 N–H and O–H groups in total. The van der Waals surface area contributed by atoms with Gasteiger partial charge in [-0.2, -0.15) is 0 Å². The van der Waals surface area contributed by atoms with Crippen molar-refractivity contribution in [1.29, 1.82) is 0 Å². The highest BCUT2D eigenvalue weighted by molar-refractivity contribution is 5.95. The van der Waals surface area contributed by atoms with Crippen molar-refractivity contribution in [1.82, 2.24) is 4.98 Å². The number of carbonyl (C=O) groups excluding carboxylic acids is 1. The molecule has 0 saturated heterocycles. The van der Waals surface area contributed by atoms with Crippen LogP contribution in [0, 0.1) is 10.1 Å². The number of hydrogen-bond donors (Lipinski definition) is 1. The van der Waals surface area contributed by atoms with E-state index in [1.54, 1.807) is 17.0 Å². The summed E-state index contributed by atoms with van der Waals surface area (Å²) in [6, 6.07) is 23.4. The van der Waals surface area contributed by atoms with E-state index >= 15 is 0 Å². The van der Waals surface area contributed by atoms with E-state index in [0.717, 1.165) is 22.0 Å². The van der Waals surface area contributed by atoms with E-state index in [1.807, 2.05) is 60.8 Å². The molecule has 6 heteroatoms. The van der Waals surface area contributed by atoms with Gasteiger partial charge in [-0.1, -0.05) is 48.5 Å². The lowest BCUT2D eigenvalue weighted by atomic mass is 9.95. The number of non-ortho nitro benzene ring substituents is 1. The summed E-state index contributed by atoms with van der Waals surface area (Å²) in [7, 11) is 0. The molecule has 1 aromatic heterocycles. The first kappa shape index (κ1) is 18.4. The first-order valence-corrected chi connectivity index (χ1v) is 9.21. The van der Waals surface area contributed by atoms with Crippen molar-refractivity contribution < 1.29 is 9.72 Å². The second-order valence-corrected chi connectivity index (χ2v) is 6.77. The average molecular weight is 385 g/mol. The van der Waals surface area contributed by atoms with E-state index < -0.39 is 4.92 Å². The third-order valence-electron chi connectivity index (χ3n) is 4.97. The molecule has 4 aromatic rings. The normalized spacial score (nSPS) is 11.9. The highest BCUT2D eigenvalue weighted by Gasteiger charge is 2.28. The zero-order valence-corrected chi connectivity index (χ0v) is 15.8. The molecule has 0 saturated carbocycles. The van der Waals surface area contributed by atoms with Gasteiger partial charge in [-0.25, -0.2) is 0 Å². The Morgan fingerprint density at radius 2 is 1.62 bits per heavy atom. The van der Waals surface area contributed by atoms with E-state index in [1.165, 1.54) is 19.1 Å². The molecule has 144 valence electrons. The number of hydrogen-bond acceptors (Lipinski definition) is 3. The summed E-state index contributed by atoms with van der Waals surface area (Å²) in [5, 5.41) is 12.0. The molecule has 6 nitrogen and oxygen atoms in total. The fourth-order valence-corrected chi connectivity index (χ4v) is 3.67. The van der Waals surface area contributed by atoms with Crippen LogP contribution >= 0.6 is 0 Å². The van der Waals surface area contributed by atoms with Crippen LogP contribution in [0.15, 0.2) is 85.1 Å². The largest absolute Gasteiger partial charge is 0.361 e. The van der Waals surface area contributed by atoms with Gasteiger partial charge >= 0.3 is 0 Å². The number of aromatic nitrogens is 1. The zero-order valence-electron chi connectivity index (χ0n) is 15.8. The summed E-state index contributed by atoms with van der Waals surface area (Å²) in [4.78, 5) is 28.3. The molecule has 29 heavy (non-hydrogen) atoms. The highest BCUT2D eigenvalue weighted by atomic mass is 16.6. The topological polar surface area (TPSA) is 79.2 Å². The molecular weight excluding hydrogens is 366 g/mol. The number of para-hydroxylation sites is 1. The van der Waals surface area contributed by atoms with Gasteiger partial charge in [0.15, 0.2) is 0 Å². The Bertz CT molecular complexity index is 1170. The maximum absolute atomic E-state index is 12.8. The SMILES string of the molecule is CC(=O)N(c1ccc([N+](=O)[O-])cc1)C(c1ccccc1)c1c[nH]c2ccccc12. The first-order chi connectivity index (χ1) is 14.1. The van der Waals surface area contributed by atoms with Gasteiger partial charge in [0.25, 0.3) is 5.69 Å². The van der Waals surface area contributed by atoms with Gasteiger partial charge < -0.3 is 9.88 Å². The lowest BCUT2D eigenvalue weighted by molar-refractivity contribution is -0.384. The van der Waals surface area contributed by atoms with E-state index in [-0.39, 0.29) is 17.6 Å². The predicted octanol–water partition coefficient (Wildman–Crippen LogP) is 5.22. The van der Waals surface area contributed by atoms with Crippen LogP contribution in [0.25, 0.3) is 10.9 Å². The van der Waals surface area contributed by atoms with Crippen molar-refractivity contribution in [3.05, 3.63) is 106 Å². The van der Waals surface area contributed by atoms with Crippen LogP contribution in [0.3, 0.4) is 0 Å². The second-order valence-electron chi connectivity index (χ2n) is 6.77. The average Bonchev–Trinajstić information content (AvgIpc) is 3.16. The van der Waals surface area contributed by atoms with Gasteiger partial charge in [-0.05, 0) is 23.8 Å². The second kappa shape index (κ2) is 7.59. The quantitative estimate of drug-likeness (QED) is 0.378. The lowest BCUT2D eigenvalue weighted by Gasteiger charge is -2.31. The fourth-order valence-electron chi connectivity index (χ4n) is 3.67. The summed E-state index contributed by atoms with van der Waals surface area (Å²) < 4.78 is 0. The minimum absolute atomic E-state index is 0.0133. The van der Waals surface area contributed by atoms with Crippen molar-refractivity contribution in [3.63, 3.8) is 0 Å². The number of nitrogens with one attached hydrogen (secondary N) is 1. The molecule has 0 aliphatic rings. The van der Waals surface area contributed by atoms with E-state index in [2.05, 4.69) is 4.98 Å². The van der Waals surface area contributed by atoms with Crippen molar-refractivity contribution in [3.8, 4) is 0 Å². The van der Waals surface area contributed by atoms with Crippen LogP contribution in [0.2, 0.25) is 0 Å². The predicted molar refractivity (Wildman–Crippen MR) is 113 cm³/mol. The zero-order chi connectivity index (χ0) is 20.4. The Kier molecular flexibility index (Phi) is 4.83. The molecule has 1 heterocycles. The molecule has 0 aliphatic heterocycles. The van der Waals surface area contributed by atoms with E-state index in [9.17, 15) is 14.9 Å². The third-order valence-corrected chi connectivity index (χ3v) is 4.97. The highest BCUT2D eigenvalue weighted by Crippen LogP contribution is 2.37. The molecule has 0 radical (unpaired) electrons. The molecule has 0 spiro atoms. The van der Waals surface area contributed by atoms with Crippen LogP contribution in [0.5, 0.6) is 0 Å². The van der Waals surface area contributed by atoms with Gasteiger partial charge in [0.1, 0.15) is 0 Å². The fraction of sp³-hybridized carbons (Fsp3) is 0.0870. The molecule has 1 unspecified atom stereocenters. The van der Waals surface area contributed by atoms with E-state index in [4.69, 9.17) is 0 Å². The Morgan fingerprint density at radius 3 is 2.28 bits per heavy atom. The number of anilines is 1. The van der Waals surface area contributed by atoms with Gasteiger partial charge in [-0.15, -0.1) is 0 Å². The standard InChI is InChI=1S/C23H19N3O3/c1-16(27)25(18-11-13-19(14-12-18)26(28)29)23(17-7-3-2-4-8-17)21-15-24-22-10-6-5-9-20(21)22/h2-15,23-24H,1H3. The summed E-state index contributed by atoms with van der Waals surface area (Å²) >= 11 is 0. The van der Waals surface area contributed by atoms with Crippen molar-refractivity contribution in [2.75, 3.05) is 4.90 Å². The minimum atomic E-state index is -0.448. The van der Waals surface area contributed by atoms with Crippen LogP contribution in [-0.4, -0.2) is 15.8 Å². The number of amides is 1. The number of nitrogens with zero attached hydrogens (tertiary/aromatic N) is 2. The van der Waals surface area contributed by atoms with Crippen LogP contribution < -0.4 is 4.90 Å². The number of carbonyl (C=O) groups is 1. The Balaban J connectivity index is 1.91. The van der Waals surface area contributed by atoms with Crippen molar-refractivity contribution >= 4 is 28.2 Å². The van der Waals surface area contributed by atoms with Crippen LogP contribution in [0.1, 0.15) is 24.1 Å². The number of nitro benzene ring substituents is 1. The Labute approximate surface area is 167 Å². The smallest absolute Gasteiger partial charge is 0.269 e. The molecule has 4 rings (SSSR count). The van der Waals surface area contributed by atoms with Gasteiger partial charge in [0.05, 0.1) is 11.0 Å². The molecule has 0 fully saturated rings. The van der Waals surface area contributed by atoms with Crippen molar-refractivity contribution in [2.24, 2.45) is 0 Å². The number of benzene rings is 3. The first-order valence-electron chi connectivity index (χ1n) is 9.21. The molecule has 1 atom stereocenters. The summed E-state index contributed by atoms with van der Waals surface area (Å²) in [6.45, 7) is 1.51. The number of fused-ring (bicyclic) bond motifs is 1. The minimum Gasteiger partial charge on any atom is -0.361 e. The van der Waals surface area contributed by atoms with E-state index in [0.29, 0.717) is 5.69 Å². The van der Waals surface area contributed by atoms with Crippen LogP contribution in [-0.2, 0) is 4.79 Å². The molecule has 3 aromatic carbocycles.